The number of rotatable bonds is 6. The first kappa shape index (κ1) is 17.8. The molecule has 24 heavy (non-hydrogen) atoms. The lowest BCUT2D eigenvalue weighted by Crippen LogP contribution is -2.52. The summed E-state index contributed by atoms with van der Waals surface area (Å²) in [7, 11) is -5.57. The molecule has 1 fully saturated rings. The summed E-state index contributed by atoms with van der Waals surface area (Å²) in [6.45, 7) is 1.43. The van der Waals surface area contributed by atoms with Crippen molar-refractivity contribution in [3.63, 3.8) is 0 Å². The number of ether oxygens (including phenoxy) is 1. The summed E-state index contributed by atoms with van der Waals surface area (Å²) < 4.78 is 56.9. The summed E-state index contributed by atoms with van der Waals surface area (Å²) in [5.41, 5.74) is 0.271. The number of hydrogen-bond donors (Lipinski definition) is 2. The van der Waals surface area contributed by atoms with Crippen molar-refractivity contribution in [3.05, 3.63) is 23.8 Å². The second kappa shape index (κ2) is 6.38. The predicted octanol–water partition coefficient (Wildman–Crippen LogP) is 0.0633. The summed E-state index contributed by atoms with van der Waals surface area (Å²) in [5, 5.41) is 3.30. The molecule has 7 nitrogen and oxygen atoms in total. The highest BCUT2D eigenvalue weighted by Gasteiger charge is 2.35. The Morgan fingerprint density at radius 1 is 1.38 bits per heavy atom. The number of fused-ring (bicyclic) bond motifs is 1. The number of benzene rings is 1. The van der Waals surface area contributed by atoms with Crippen LogP contribution in [0.1, 0.15) is 18.4 Å². The van der Waals surface area contributed by atoms with Crippen molar-refractivity contribution < 1.29 is 21.6 Å². The van der Waals surface area contributed by atoms with E-state index in [1.54, 1.807) is 13.2 Å². The van der Waals surface area contributed by atoms with Gasteiger partial charge in [-0.25, -0.2) is 21.6 Å². The zero-order chi connectivity index (χ0) is 17.4. The number of methoxy groups -OCH3 is 1. The molecule has 134 valence electrons. The third-order valence-corrected chi connectivity index (χ3v) is 7.87. The van der Waals surface area contributed by atoms with Crippen LogP contribution in [0, 0.1) is 0 Å². The lowest BCUT2D eigenvalue weighted by molar-refractivity contribution is 0.122. The van der Waals surface area contributed by atoms with Gasteiger partial charge >= 0.3 is 0 Å². The Bertz CT molecular complexity index is 827. The molecular formula is C15H22N2O5S2. The minimum absolute atomic E-state index is 0.0164. The first-order valence-electron chi connectivity index (χ1n) is 7.87. The molecule has 0 aliphatic carbocycles. The van der Waals surface area contributed by atoms with Crippen molar-refractivity contribution >= 4 is 19.9 Å². The molecular weight excluding hydrogens is 352 g/mol. The van der Waals surface area contributed by atoms with Crippen LogP contribution in [0.5, 0.6) is 0 Å². The normalized spacial score (nSPS) is 25.7. The van der Waals surface area contributed by atoms with Crippen molar-refractivity contribution in [3.8, 4) is 0 Å². The van der Waals surface area contributed by atoms with Gasteiger partial charge < -0.3 is 10.1 Å². The minimum atomic E-state index is -3.79. The van der Waals surface area contributed by atoms with Crippen LogP contribution in [0.25, 0.3) is 0 Å². The van der Waals surface area contributed by atoms with Crippen molar-refractivity contribution in [1.82, 2.24) is 10.0 Å². The van der Waals surface area contributed by atoms with Crippen LogP contribution in [0.3, 0.4) is 0 Å². The Morgan fingerprint density at radius 3 is 2.83 bits per heavy atom. The monoisotopic (exact) mass is 374 g/mol. The van der Waals surface area contributed by atoms with E-state index in [1.807, 2.05) is 0 Å². The molecule has 1 saturated heterocycles. The lowest BCUT2D eigenvalue weighted by atomic mass is 9.99. The largest absolute Gasteiger partial charge is 0.383 e. The first-order valence-corrected chi connectivity index (χ1v) is 11.0. The van der Waals surface area contributed by atoms with Crippen molar-refractivity contribution in [2.24, 2.45) is 0 Å². The molecule has 1 unspecified atom stereocenters. The third-order valence-electron chi connectivity index (χ3n) is 4.68. The molecule has 0 spiro atoms. The van der Waals surface area contributed by atoms with Gasteiger partial charge in [0.1, 0.15) is 0 Å². The van der Waals surface area contributed by atoms with Crippen LogP contribution in [-0.2, 0) is 31.0 Å². The second-order valence-electron chi connectivity index (χ2n) is 6.41. The maximum atomic E-state index is 12.6. The summed E-state index contributed by atoms with van der Waals surface area (Å²) in [6.07, 6.45) is 2.22. The maximum absolute atomic E-state index is 12.6. The fraction of sp³-hybridized carbons (Fsp3) is 0.600. The SMILES string of the molecule is COCC1(CNS(=O)(=O)c2ccc3c(c2)S(=O)(=O)CC3)CCCN1. The molecule has 1 aromatic carbocycles. The zero-order valence-corrected chi connectivity index (χ0v) is 15.2. The van der Waals surface area contributed by atoms with E-state index in [1.165, 1.54) is 12.1 Å². The van der Waals surface area contributed by atoms with Gasteiger partial charge in [-0.1, -0.05) is 6.07 Å². The van der Waals surface area contributed by atoms with Gasteiger partial charge in [-0.3, -0.25) is 0 Å². The van der Waals surface area contributed by atoms with Crippen LogP contribution in [-0.4, -0.2) is 54.9 Å². The topological polar surface area (TPSA) is 102 Å². The molecule has 0 radical (unpaired) electrons. The smallest absolute Gasteiger partial charge is 0.240 e. The van der Waals surface area contributed by atoms with Crippen molar-refractivity contribution in [1.29, 1.82) is 0 Å². The van der Waals surface area contributed by atoms with E-state index in [9.17, 15) is 16.8 Å². The maximum Gasteiger partial charge on any atom is 0.240 e. The van der Waals surface area contributed by atoms with Crippen LogP contribution in [0.4, 0.5) is 0 Å². The Morgan fingerprint density at radius 2 is 2.17 bits per heavy atom. The van der Waals surface area contributed by atoms with Gasteiger partial charge in [0.15, 0.2) is 9.84 Å². The first-order chi connectivity index (χ1) is 11.3. The van der Waals surface area contributed by atoms with E-state index in [-0.39, 0.29) is 22.1 Å². The molecule has 2 aliphatic rings. The lowest BCUT2D eigenvalue weighted by Gasteiger charge is -2.28. The molecule has 9 heteroatoms. The summed E-state index contributed by atoms with van der Waals surface area (Å²) >= 11 is 0. The molecule has 0 saturated carbocycles. The minimum Gasteiger partial charge on any atom is -0.383 e. The zero-order valence-electron chi connectivity index (χ0n) is 13.5. The predicted molar refractivity (Wildman–Crippen MR) is 89.2 cm³/mol. The highest BCUT2D eigenvalue weighted by molar-refractivity contribution is 7.92. The van der Waals surface area contributed by atoms with E-state index in [2.05, 4.69) is 10.0 Å². The van der Waals surface area contributed by atoms with Gasteiger partial charge in [-0.05, 0) is 43.5 Å². The van der Waals surface area contributed by atoms with Crippen LogP contribution < -0.4 is 10.0 Å². The highest BCUT2D eigenvalue weighted by Crippen LogP contribution is 2.28. The second-order valence-corrected chi connectivity index (χ2v) is 10.3. The Balaban J connectivity index is 1.81. The number of hydrogen-bond acceptors (Lipinski definition) is 6. The average molecular weight is 374 g/mol. The number of nitrogens with one attached hydrogen (secondary N) is 2. The van der Waals surface area contributed by atoms with Crippen molar-refractivity contribution in [2.45, 2.75) is 34.6 Å². The molecule has 1 atom stereocenters. The van der Waals surface area contributed by atoms with E-state index in [0.717, 1.165) is 19.4 Å². The third kappa shape index (κ3) is 3.36. The highest BCUT2D eigenvalue weighted by atomic mass is 32.2. The molecule has 0 bridgehead atoms. The number of sulfone groups is 1. The standard InChI is InChI=1S/C15H22N2O5S2/c1-22-11-15(6-2-7-16-15)10-17-24(20,21)13-4-3-12-5-8-23(18,19)14(12)9-13/h3-4,9,16-17H,2,5-8,10-11H2,1H3. The van der Waals surface area contributed by atoms with Gasteiger partial charge in [0, 0.05) is 13.7 Å². The van der Waals surface area contributed by atoms with E-state index >= 15 is 0 Å². The Kier molecular flexibility index (Phi) is 4.73. The van der Waals surface area contributed by atoms with Gasteiger partial charge in [0.25, 0.3) is 0 Å². The quantitative estimate of drug-likeness (QED) is 0.730. The average Bonchev–Trinajstić information content (AvgIpc) is 3.11. The van der Waals surface area contributed by atoms with Gasteiger partial charge in [-0.2, -0.15) is 0 Å². The molecule has 2 aliphatic heterocycles. The van der Waals surface area contributed by atoms with Gasteiger partial charge in [0.2, 0.25) is 10.0 Å². The molecule has 2 N–H and O–H groups in total. The Labute approximate surface area is 142 Å². The summed E-state index contributed by atoms with van der Waals surface area (Å²) in [4.78, 5) is 0.119. The fourth-order valence-electron chi connectivity index (χ4n) is 3.34. The van der Waals surface area contributed by atoms with Crippen LogP contribution in [0.15, 0.2) is 28.0 Å². The van der Waals surface area contributed by atoms with Crippen LogP contribution in [0.2, 0.25) is 0 Å². The summed E-state index contributed by atoms with van der Waals surface area (Å²) in [5.74, 6) is 0.0418. The molecule has 1 aromatic rings. The molecule has 3 rings (SSSR count). The van der Waals surface area contributed by atoms with E-state index in [4.69, 9.17) is 4.74 Å². The molecule has 2 heterocycles. The van der Waals surface area contributed by atoms with Crippen LogP contribution >= 0.6 is 0 Å². The molecule has 0 amide bonds. The fourth-order valence-corrected chi connectivity index (χ4v) is 6.15. The summed E-state index contributed by atoms with van der Waals surface area (Å²) in [6, 6.07) is 4.32. The number of aryl methyl sites for hydroxylation is 1. The van der Waals surface area contributed by atoms with Crippen molar-refractivity contribution in [2.75, 3.05) is 32.6 Å². The van der Waals surface area contributed by atoms with E-state index < -0.39 is 25.4 Å². The van der Waals surface area contributed by atoms with Gasteiger partial charge in [0.05, 0.1) is 27.7 Å². The molecule has 0 aromatic heterocycles. The Hall–Kier alpha value is -1.00. The number of sulfonamides is 1. The van der Waals surface area contributed by atoms with Gasteiger partial charge in [-0.15, -0.1) is 0 Å². The van der Waals surface area contributed by atoms with E-state index in [0.29, 0.717) is 18.6 Å².